The maximum absolute atomic E-state index is 12.3. The second kappa shape index (κ2) is 7.95. The molecule has 1 heterocycles. The molecule has 1 aliphatic heterocycles. The van der Waals surface area contributed by atoms with Crippen LogP contribution < -0.4 is 15.5 Å². The van der Waals surface area contributed by atoms with Crippen molar-refractivity contribution < 1.29 is 14.4 Å². The Morgan fingerprint density at radius 1 is 1.25 bits per heavy atom. The van der Waals surface area contributed by atoms with E-state index < -0.39 is 0 Å². The summed E-state index contributed by atoms with van der Waals surface area (Å²) >= 11 is 0. The lowest BCUT2D eigenvalue weighted by Crippen LogP contribution is -2.37. The lowest BCUT2D eigenvalue weighted by molar-refractivity contribution is -0.126. The van der Waals surface area contributed by atoms with E-state index in [9.17, 15) is 14.4 Å². The molecule has 2 N–H and O–H groups in total. The molecule has 0 aromatic heterocycles. The van der Waals surface area contributed by atoms with Crippen molar-refractivity contribution in [3.63, 3.8) is 0 Å². The van der Waals surface area contributed by atoms with Gasteiger partial charge in [-0.3, -0.25) is 14.4 Å². The van der Waals surface area contributed by atoms with Gasteiger partial charge in [-0.2, -0.15) is 0 Å². The molecule has 1 aromatic carbocycles. The maximum atomic E-state index is 12.3. The molecule has 2 rings (SSSR count). The lowest BCUT2D eigenvalue weighted by atomic mass is 10.0. The lowest BCUT2D eigenvalue weighted by Gasteiger charge is -2.18. The monoisotopic (exact) mass is 331 g/mol. The fraction of sp³-hybridized carbons (Fsp3) is 0.500. The summed E-state index contributed by atoms with van der Waals surface area (Å²) < 4.78 is 0. The summed E-state index contributed by atoms with van der Waals surface area (Å²) in [6, 6.07) is 7.90. The number of nitrogens with one attached hydrogen (secondary N) is 2. The molecule has 130 valence electrons. The Kier molecular flexibility index (Phi) is 5.95. The zero-order valence-corrected chi connectivity index (χ0v) is 14.5. The molecule has 0 spiro atoms. The molecule has 0 aliphatic carbocycles. The molecule has 0 radical (unpaired) electrons. The van der Waals surface area contributed by atoms with Crippen molar-refractivity contribution in [3.05, 3.63) is 29.8 Å². The number of anilines is 1. The van der Waals surface area contributed by atoms with Gasteiger partial charge in [0.2, 0.25) is 17.7 Å². The molecule has 1 atom stereocenters. The third kappa shape index (κ3) is 4.57. The predicted molar refractivity (Wildman–Crippen MR) is 92.7 cm³/mol. The van der Waals surface area contributed by atoms with E-state index in [1.165, 1.54) is 12.5 Å². The standard InChI is InChI=1S/C18H25N3O3/c1-12(2)14-5-4-6-16(9-14)21-11-15(10-17(21)23)18(24)20-8-7-19-13(3)22/h4-6,9,12,15H,7-8,10-11H2,1-3H3,(H,19,22)(H,20,24)/t15-/m1/s1. The quantitative estimate of drug-likeness (QED) is 0.774. The Morgan fingerprint density at radius 2 is 1.96 bits per heavy atom. The second-order valence-electron chi connectivity index (χ2n) is 6.43. The first-order valence-corrected chi connectivity index (χ1v) is 8.31. The highest BCUT2D eigenvalue weighted by Gasteiger charge is 2.35. The molecule has 0 bridgehead atoms. The van der Waals surface area contributed by atoms with Gasteiger partial charge in [-0.05, 0) is 23.6 Å². The second-order valence-corrected chi connectivity index (χ2v) is 6.43. The molecular weight excluding hydrogens is 306 g/mol. The van der Waals surface area contributed by atoms with Crippen LogP contribution in [0.2, 0.25) is 0 Å². The Bertz CT molecular complexity index is 628. The average molecular weight is 331 g/mol. The van der Waals surface area contributed by atoms with E-state index in [2.05, 4.69) is 24.5 Å². The number of nitrogens with zero attached hydrogens (tertiary/aromatic N) is 1. The minimum Gasteiger partial charge on any atom is -0.355 e. The number of hydrogen-bond donors (Lipinski definition) is 2. The number of benzene rings is 1. The van der Waals surface area contributed by atoms with Crippen LogP contribution in [0.1, 0.15) is 38.7 Å². The fourth-order valence-corrected chi connectivity index (χ4v) is 2.75. The highest BCUT2D eigenvalue weighted by atomic mass is 16.2. The molecule has 0 saturated carbocycles. The molecule has 1 saturated heterocycles. The topological polar surface area (TPSA) is 78.5 Å². The summed E-state index contributed by atoms with van der Waals surface area (Å²) in [6.45, 7) is 6.80. The third-order valence-corrected chi connectivity index (χ3v) is 4.14. The molecule has 24 heavy (non-hydrogen) atoms. The predicted octanol–water partition coefficient (Wildman–Crippen LogP) is 1.42. The summed E-state index contributed by atoms with van der Waals surface area (Å²) in [4.78, 5) is 36.9. The summed E-state index contributed by atoms with van der Waals surface area (Å²) in [6.07, 6.45) is 0.220. The van der Waals surface area contributed by atoms with Gasteiger partial charge in [0.1, 0.15) is 0 Å². The number of amides is 3. The van der Waals surface area contributed by atoms with E-state index in [1.54, 1.807) is 4.90 Å². The van der Waals surface area contributed by atoms with Crippen LogP contribution in [0.25, 0.3) is 0 Å². The first-order chi connectivity index (χ1) is 11.4. The van der Waals surface area contributed by atoms with Crippen LogP contribution in [0.4, 0.5) is 5.69 Å². The van der Waals surface area contributed by atoms with Crippen molar-refractivity contribution in [3.8, 4) is 0 Å². The van der Waals surface area contributed by atoms with Gasteiger partial charge >= 0.3 is 0 Å². The fourth-order valence-electron chi connectivity index (χ4n) is 2.75. The van der Waals surface area contributed by atoms with Crippen LogP contribution >= 0.6 is 0 Å². The van der Waals surface area contributed by atoms with Gasteiger partial charge in [-0.1, -0.05) is 26.0 Å². The summed E-state index contributed by atoms with van der Waals surface area (Å²) in [5.74, 6) is -0.265. The normalized spacial score (nSPS) is 17.2. The van der Waals surface area contributed by atoms with Crippen molar-refractivity contribution in [2.75, 3.05) is 24.5 Å². The van der Waals surface area contributed by atoms with Crippen molar-refractivity contribution in [2.45, 2.75) is 33.1 Å². The molecule has 3 amide bonds. The van der Waals surface area contributed by atoms with Gasteiger partial charge in [-0.15, -0.1) is 0 Å². The maximum Gasteiger partial charge on any atom is 0.227 e. The smallest absolute Gasteiger partial charge is 0.227 e. The molecule has 6 heteroatoms. The van der Waals surface area contributed by atoms with Gasteiger partial charge in [0, 0.05) is 38.7 Å². The molecule has 1 fully saturated rings. The number of carbonyl (C=O) groups is 3. The summed E-state index contributed by atoms with van der Waals surface area (Å²) in [5, 5.41) is 5.39. The largest absolute Gasteiger partial charge is 0.355 e. The number of rotatable bonds is 6. The molecule has 0 unspecified atom stereocenters. The molecule has 6 nitrogen and oxygen atoms in total. The SMILES string of the molecule is CC(=O)NCCNC(=O)[C@@H]1CC(=O)N(c2cccc(C(C)C)c2)C1. The summed E-state index contributed by atoms with van der Waals surface area (Å²) in [7, 11) is 0. The Hall–Kier alpha value is -2.37. The van der Waals surface area contributed by atoms with Crippen molar-refractivity contribution >= 4 is 23.4 Å². The molecule has 1 aliphatic rings. The van der Waals surface area contributed by atoms with E-state index in [1.807, 2.05) is 24.3 Å². The highest BCUT2D eigenvalue weighted by Crippen LogP contribution is 2.27. The number of hydrogen-bond acceptors (Lipinski definition) is 3. The van der Waals surface area contributed by atoms with Crippen molar-refractivity contribution in [1.82, 2.24) is 10.6 Å². The van der Waals surface area contributed by atoms with Gasteiger partial charge in [0.25, 0.3) is 0 Å². The first-order valence-electron chi connectivity index (χ1n) is 8.31. The Morgan fingerprint density at radius 3 is 2.62 bits per heavy atom. The Balaban J connectivity index is 1.94. The van der Waals surface area contributed by atoms with Crippen LogP contribution in [0.3, 0.4) is 0 Å². The van der Waals surface area contributed by atoms with Gasteiger partial charge < -0.3 is 15.5 Å². The van der Waals surface area contributed by atoms with E-state index in [4.69, 9.17) is 0 Å². The molecule has 1 aromatic rings. The van der Waals surface area contributed by atoms with Gasteiger partial charge in [0.15, 0.2) is 0 Å². The first kappa shape index (κ1) is 18.0. The minimum atomic E-state index is -0.350. The van der Waals surface area contributed by atoms with Crippen LogP contribution in [0, 0.1) is 5.92 Å². The zero-order valence-electron chi connectivity index (χ0n) is 14.5. The average Bonchev–Trinajstić information content (AvgIpc) is 2.93. The van der Waals surface area contributed by atoms with Crippen molar-refractivity contribution in [1.29, 1.82) is 0 Å². The van der Waals surface area contributed by atoms with E-state index in [-0.39, 0.29) is 30.1 Å². The van der Waals surface area contributed by atoms with Crippen LogP contribution in [0.15, 0.2) is 24.3 Å². The number of carbonyl (C=O) groups excluding carboxylic acids is 3. The highest BCUT2D eigenvalue weighted by molar-refractivity contribution is 6.00. The van der Waals surface area contributed by atoms with E-state index in [0.717, 1.165) is 5.69 Å². The van der Waals surface area contributed by atoms with Gasteiger partial charge in [0.05, 0.1) is 5.92 Å². The minimum absolute atomic E-state index is 0.0297. The van der Waals surface area contributed by atoms with Crippen LogP contribution in [-0.4, -0.2) is 37.4 Å². The van der Waals surface area contributed by atoms with Crippen molar-refractivity contribution in [2.24, 2.45) is 5.92 Å². The van der Waals surface area contributed by atoms with Gasteiger partial charge in [-0.25, -0.2) is 0 Å². The van der Waals surface area contributed by atoms with Crippen LogP contribution in [0.5, 0.6) is 0 Å². The third-order valence-electron chi connectivity index (χ3n) is 4.14. The zero-order chi connectivity index (χ0) is 17.7. The molecular formula is C18H25N3O3. The van der Waals surface area contributed by atoms with E-state index in [0.29, 0.717) is 25.6 Å². The van der Waals surface area contributed by atoms with Crippen LogP contribution in [-0.2, 0) is 14.4 Å². The summed E-state index contributed by atoms with van der Waals surface area (Å²) in [5.41, 5.74) is 2.02. The Labute approximate surface area is 142 Å². The van der Waals surface area contributed by atoms with E-state index >= 15 is 0 Å².